The van der Waals surface area contributed by atoms with Crippen LogP contribution >= 0.6 is 0 Å². The van der Waals surface area contributed by atoms with E-state index in [1.807, 2.05) is 42.5 Å². The van der Waals surface area contributed by atoms with Crippen LogP contribution in [-0.4, -0.2) is 56.0 Å². The van der Waals surface area contributed by atoms with Crippen molar-refractivity contribution in [3.05, 3.63) is 82.6 Å². The number of hydrogen-bond acceptors (Lipinski definition) is 8. The number of carbonyl (C=O) groups is 3. The summed E-state index contributed by atoms with van der Waals surface area (Å²) in [5.74, 6) is -1.88. The molecular weight excluding hydrogens is 436 g/mol. The van der Waals surface area contributed by atoms with E-state index in [1.165, 1.54) is 26.3 Å². The van der Waals surface area contributed by atoms with Crippen molar-refractivity contribution in [2.75, 3.05) is 21.3 Å². The molecule has 8 nitrogen and oxygen atoms in total. The average molecular weight is 458 g/mol. The molecule has 0 fully saturated rings. The summed E-state index contributed by atoms with van der Waals surface area (Å²) in [7, 11) is 3.85. The van der Waals surface area contributed by atoms with Gasteiger partial charge in [-0.3, -0.25) is 0 Å². The number of nitrogens with zero attached hydrogens (tertiary/aromatic N) is 2. The third-order valence-electron chi connectivity index (χ3n) is 6.64. The van der Waals surface area contributed by atoms with Crippen molar-refractivity contribution in [3.8, 4) is 11.1 Å². The van der Waals surface area contributed by atoms with Gasteiger partial charge in [-0.05, 0) is 35.8 Å². The number of allylic oxidation sites excluding steroid dienone is 1. The molecule has 172 valence electrons. The largest absolute Gasteiger partial charge is 0.466 e. The molecule has 0 bridgehead atoms. The molecule has 0 saturated heterocycles. The molecule has 2 aromatic rings. The van der Waals surface area contributed by atoms with Crippen LogP contribution in [0.5, 0.6) is 0 Å². The maximum atomic E-state index is 13.4. The van der Waals surface area contributed by atoms with E-state index in [0.717, 1.165) is 11.1 Å². The van der Waals surface area contributed by atoms with E-state index in [-0.39, 0.29) is 11.3 Å². The molecule has 2 aliphatic heterocycles. The second kappa shape index (κ2) is 7.69. The van der Waals surface area contributed by atoms with Gasteiger partial charge in [-0.1, -0.05) is 42.5 Å². The lowest BCUT2D eigenvalue weighted by Crippen LogP contribution is -2.44. The first-order valence-corrected chi connectivity index (χ1v) is 10.7. The van der Waals surface area contributed by atoms with Gasteiger partial charge in [0, 0.05) is 5.56 Å². The fourth-order valence-corrected chi connectivity index (χ4v) is 5.42. The van der Waals surface area contributed by atoms with E-state index in [0.29, 0.717) is 22.4 Å². The Hall–Kier alpha value is -4.20. The van der Waals surface area contributed by atoms with Crippen molar-refractivity contribution in [2.45, 2.75) is 18.4 Å². The SMILES string of the molecule is COC(=O)C1=C(C(=O)OC)C2(c3ccccc3-c3c(C(=O)OC)cccc32)C2C=CC(C)=NN12. The molecule has 3 aliphatic rings. The van der Waals surface area contributed by atoms with Crippen LogP contribution in [0.25, 0.3) is 11.1 Å². The minimum atomic E-state index is -1.17. The van der Waals surface area contributed by atoms with E-state index in [9.17, 15) is 14.4 Å². The molecule has 1 aliphatic carbocycles. The second-order valence-corrected chi connectivity index (χ2v) is 8.17. The van der Waals surface area contributed by atoms with E-state index in [2.05, 4.69) is 5.10 Å². The summed E-state index contributed by atoms with van der Waals surface area (Å²) in [5, 5.41) is 6.14. The van der Waals surface area contributed by atoms with E-state index in [4.69, 9.17) is 14.2 Å². The summed E-state index contributed by atoms with van der Waals surface area (Å²) in [4.78, 5) is 39.3. The number of hydrazone groups is 1. The zero-order valence-electron chi connectivity index (χ0n) is 19.1. The van der Waals surface area contributed by atoms with Crippen LogP contribution in [0, 0.1) is 0 Å². The number of hydrogen-bond donors (Lipinski definition) is 0. The highest BCUT2D eigenvalue weighted by Crippen LogP contribution is 2.61. The smallest absolute Gasteiger partial charge is 0.356 e. The molecule has 5 rings (SSSR count). The van der Waals surface area contributed by atoms with Gasteiger partial charge in [0.15, 0.2) is 5.70 Å². The number of methoxy groups -OCH3 is 3. The zero-order chi connectivity index (χ0) is 24.2. The maximum Gasteiger partial charge on any atom is 0.356 e. The van der Waals surface area contributed by atoms with Crippen LogP contribution in [-0.2, 0) is 29.2 Å². The Morgan fingerprint density at radius 2 is 1.56 bits per heavy atom. The zero-order valence-corrected chi connectivity index (χ0v) is 19.1. The third kappa shape index (κ3) is 2.59. The van der Waals surface area contributed by atoms with Crippen molar-refractivity contribution in [2.24, 2.45) is 5.10 Å². The highest BCUT2D eigenvalue weighted by atomic mass is 16.5. The normalized spacial score (nSPS) is 21.6. The van der Waals surface area contributed by atoms with Gasteiger partial charge in [0.1, 0.15) is 0 Å². The van der Waals surface area contributed by atoms with Gasteiger partial charge in [-0.2, -0.15) is 5.10 Å². The predicted molar refractivity (Wildman–Crippen MR) is 123 cm³/mol. The van der Waals surface area contributed by atoms with E-state index < -0.39 is 29.4 Å². The number of carbonyl (C=O) groups excluding carboxylic acids is 3. The Bertz CT molecular complexity index is 1350. The van der Waals surface area contributed by atoms with Crippen LogP contribution < -0.4 is 0 Å². The van der Waals surface area contributed by atoms with Crippen molar-refractivity contribution >= 4 is 23.6 Å². The molecule has 2 atom stereocenters. The second-order valence-electron chi connectivity index (χ2n) is 8.17. The van der Waals surface area contributed by atoms with E-state index >= 15 is 0 Å². The van der Waals surface area contributed by atoms with Crippen molar-refractivity contribution < 1.29 is 28.6 Å². The van der Waals surface area contributed by atoms with Gasteiger partial charge in [0.05, 0.1) is 49.6 Å². The first kappa shape index (κ1) is 21.6. The van der Waals surface area contributed by atoms with Crippen LogP contribution in [0.3, 0.4) is 0 Å². The van der Waals surface area contributed by atoms with Gasteiger partial charge < -0.3 is 14.2 Å². The molecule has 2 unspecified atom stereocenters. The molecule has 0 N–H and O–H groups in total. The third-order valence-corrected chi connectivity index (χ3v) is 6.64. The molecule has 0 radical (unpaired) electrons. The fraction of sp³-hybridized carbons (Fsp3) is 0.231. The summed E-state index contributed by atoms with van der Waals surface area (Å²) >= 11 is 0. The molecule has 0 aromatic heterocycles. The number of fused-ring (bicyclic) bond motifs is 7. The van der Waals surface area contributed by atoms with Gasteiger partial charge in [-0.15, -0.1) is 0 Å². The molecular formula is C26H22N2O6. The van der Waals surface area contributed by atoms with Gasteiger partial charge in [-0.25, -0.2) is 19.4 Å². The Morgan fingerprint density at radius 1 is 0.882 bits per heavy atom. The van der Waals surface area contributed by atoms with Gasteiger partial charge >= 0.3 is 17.9 Å². The number of rotatable bonds is 3. The molecule has 0 saturated carbocycles. The van der Waals surface area contributed by atoms with E-state index in [1.54, 1.807) is 19.1 Å². The topological polar surface area (TPSA) is 94.5 Å². The predicted octanol–water partition coefficient (Wildman–Crippen LogP) is 2.97. The number of benzene rings is 2. The molecule has 2 heterocycles. The lowest BCUT2D eigenvalue weighted by atomic mass is 9.68. The van der Waals surface area contributed by atoms with Gasteiger partial charge in [0.2, 0.25) is 0 Å². The minimum absolute atomic E-state index is 0.00849. The molecule has 0 amide bonds. The standard InChI is InChI=1S/C26H22N2O6/c1-14-12-13-19-26(21(24(30)33-3)22(25(31)34-4)28(19)27-14)17-10-6-5-8-15(17)20-16(23(29)32-2)9-7-11-18(20)26/h5-13,19H,1-4H3. The van der Waals surface area contributed by atoms with Crippen LogP contribution in [0.15, 0.2) is 71.0 Å². The number of esters is 3. The van der Waals surface area contributed by atoms with Crippen LogP contribution in [0.2, 0.25) is 0 Å². The first-order valence-electron chi connectivity index (χ1n) is 10.7. The quantitative estimate of drug-likeness (QED) is 0.516. The van der Waals surface area contributed by atoms with Crippen LogP contribution in [0.1, 0.15) is 28.4 Å². The summed E-state index contributed by atoms with van der Waals surface area (Å²) in [6.07, 6.45) is 3.76. The Balaban J connectivity index is 1.97. The lowest BCUT2D eigenvalue weighted by molar-refractivity contribution is -0.140. The molecule has 1 spiro atoms. The molecule has 34 heavy (non-hydrogen) atoms. The highest BCUT2D eigenvalue weighted by molar-refractivity contribution is 6.09. The summed E-state index contributed by atoms with van der Waals surface area (Å²) in [6.45, 7) is 1.80. The van der Waals surface area contributed by atoms with Gasteiger partial charge in [0.25, 0.3) is 0 Å². The van der Waals surface area contributed by atoms with Crippen molar-refractivity contribution in [3.63, 3.8) is 0 Å². The Kier molecular flexibility index (Phi) is 4.89. The molecule has 2 aromatic carbocycles. The first-order chi connectivity index (χ1) is 16.4. The van der Waals surface area contributed by atoms with Crippen molar-refractivity contribution in [1.29, 1.82) is 0 Å². The van der Waals surface area contributed by atoms with Crippen LogP contribution in [0.4, 0.5) is 0 Å². The summed E-state index contributed by atoms with van der Waals surface area (Å²) in [5.41, 5.74) is 2.84. The highest BCUT2D eigenvalue weighted by Gasteiger charge is 2.63. The minimum Gasteiger partial charge on any atom is -0.466 e. The van der Waals surface area contributed by atoms with Crippen molar-refractivity contribution in [1.82, 2.24) is 5.01 Å². The number of ether oxygens (including phenoxy) is 3. The summed E-state index contributed by atoms with van der Waals surface area (Å²) in [6, 6.07) is 12.2. The molecule has 8 heteroatoms. The average Bonchev–Trinajstić information content (AvgIpc) is 3.33. The Morgan fingerprint density at radius 3 is 2.26 bits per heavy atom. The monoisotopic (exact) mass is 458 g/mol. The lowest BCUT2D eigenvalue weighted by Gasteiger charge is -2.37. The summed E-state index contributed by atoms with van der Waals surface area (Å²) < 4.78 is 15.4. The maximum absolute atomic E-state index is 13.4. The fourth-order valence-electron chi connectivity index (χ4n) is 5.42. The Labute approximate surface area is 196 Å².